The number of carbonyl (C=O) groups is 1. The van der Waals surface area contributed by atoms with Crippen molar-refractivity contribution in [1.82, 2.24) is 0 Å². The molecule has 0 spiro atoms. The maximum atomic E-state index is 11.0. The zero-order valence-electron chi connectivity index (χ0n) is 9.67. The van der Waals surface area contributed by atoms with E-state index in [1.807, 2.05) is 6.92 Å². The van der Waals surface area contributed by atoms with Crippen LogP contribution < -0.4 is 5.73 Å². The van der Waals surface area contributed by atoms with E-state index in [0.29, 0.717) is 18.8 Å². The van der Waals surface area contributed by atoms with Gasteiger partial charge in [-0.05, 0) is 25.2 Å². The van der Waals surface area contributed by atoms with Crippen LogP contribution in [0.3, 0.4) is 0 Å². The van der Waals surface area contributed by atoms with Crippen LogP contribution in [-0.4, -0.2) is 16.6 Å². The van der Waals surface area contributed by atoms with Crippen LogP contribution in [0.2, 0.25) is 0 Å². The van der Waals surface area contributed by atoms with Crippen LogP contribution in [0.15, 0.2) is 0 Å². The summed E-state index contributed by atoms with van der Waals surface area (Å²) in [6.45, 7) is 1.86. The predicted molar refractivity (Wildman–Crippen MR) is 60.7 cm³/mol. The fraction of sp³-hybridized carbons (Fsp3) is 0.917. The van der Waals surface area contributed by atoms with Crippen molar-refractivity contribution in [3.05, 3.63) is 0 Å². The van der Waals surface area contributed by atoms with Gasteiger partial charge < -0.3 is 10.8 Å². The first-order valence-electron chi connectivity index (χ1n) is 6.11. The topological polar surface area (TPSA) is 63.3 Å². The van der Waals surface area contributed by atoms with Gasteiger partial charge in [-0.1, -0.05) is 39.0 Å². The number of hydrogen-bond donors (Lipinski definition) is 2. The molecule has 0 saturated heterocycles. The van der Waals surface area contributed by atoms with Crippen LogP contribution in [0.5, 0.6) is 0 Å². The third-order valence-electron chi connectivity index (χ3n) is 3.78. The van der Waals surface area contributed by atoms with Gasteiger partial charge in [0.25, 0.3) is 0 Å². The molecule has 1 fully saturated rings. The van der Waals surface area contributed by atoms with E-state index in [4.69, 9.17) is 10.8 Å². The molecular formula is C12H23NO2. The maximum Gasteiger partial charge on any atom is 0.323 e. The van der Waals surface area contributed by atoms with E-state index in [0.717, 1.165) is 6.42 Å². The van der Waals surface area contributed by atoms with Gasteiger partial charge in [-0.3, -0.25) is 4.79 Å². The molecule has 0 amide bonds. The first kappa shape index (κ1) is 12.5. The van der Waals surface area contributed by atoms with Crippen molar-refractivity contribution in [2.24, 2.45) is 11.7 Å². The average molecular weight is 213 g/mol. The van der Waals surface area contributed by atoms with Crippen LogP contribution in [0, 0.1) is 5.92 Å². The van der Waals surface area contributed by atoms with E-state index in [2.05, 4.69) is 0 Å². The summed E-state index contributed by atoms with van der Waals surface area (Å²) in [4.78, 5) is 11.0. The van der Waals surface area contributed by atoms with E-state index in [9.17, 15) is 4.79 Å². The Bertz CT molecular complexity index is 212. The summed E-state index contributed by atoms with van der Waals surface area (Å²) in [5.41, 5.74) is 4.87. The molecule has 0 heterocycles. The van der Waals surface area contributed by atoms with Gasteiger partial charge >= 0.3 is 5.97 Å². The summed E-state index contributed by atoms with van der Waals surface area (Å²) < 4.78 is 0. The van der Waals surface area contributed by atoms with E-state index < -0.39 is 11.5 Å². The molecule has 0 aromatic carbocycles. The van der Waals surface area contributed by atoms with Gasteiger partial charge in [-0.15, -0.1) is 0 Å². The van der Waals surface area contributed by atoms with Gasteiger partial charge in [0, 0.05) is 0 Å². The van der Waals surface area contributed by atoms with Crippen molar-refractivity contribution in [3.8, 4) is 0 Å². The second-order valence-electron chi connectivity index (χ2n) is 4.86. The Morgan fingerprint density at radius 3 is 2.47 bits per heavy atom. The van der Waals surface area contributed by atoms with Gasteiger partial charge in [0.05, 0.1) is 0 Å². The molecule has 0 radical (unpaired) electrons. The highest BCUT2D eigenvalue weighted by Gasteiger charge is 2.32. The van der Waals surface area contributed by atoms with Crippen molar-refractivity contribution >= 4 is 5.97 Å². The van der Waals surface area contributed by atoms with E-state index in [-0.39, 0.29) is 0 Å². The quantitative estimate of drug-likeness (QED) is 0.737. The molecule has 1 aliphatic carbocycles. The van der Waals surface area contributed by atoms with Gasteiger partial charge in [0.2, 0.25) is 0 Å². The predicted octanol–water partition coefficient (Wildman–Crippen LogP) is 2.54. The highest BCUT2D eigenvalue weighted by molar-refractivity contribution is 5.78. The van der Waals surface area contributed by atoms with Crippen LogP contribution in [0.1, 0.15) is 58.3 Å². The molecule has 0 aromatic heterocycles. The van der Waals surface area contributed by atoms with Crippen LogP contribution in [-0.2, 0) is 4.79 Å². The number of rotatable bonds is 5. The minimum Gasteiger partial charge on any atom is -0.480 e. The molecule has 1 aliphatic rings. The Kier molecular flexibility index (Phi) is 4.58. The fourth-order valence-corrected chi connectivity index (χ4v) is 2.37. The molecule has 1 rings (SSSR count). The van der Waals surface area contributed by atoms with Crippen molar-refractivity contribution in [1.29, 1.82) is 0 Å². The van der Waals surface area contributed by atoms with E-state index in [1.165, 1.54) is 32.1 Å². The first-order valence-corrected chi connectivity index (χ1v) is 6.11. The summed E-state index contributed by atoms with van der Waals surface area (Å²) in [7, 11) is 0. The highest BCUT2D eigenvalue weighted by atomic mass is 16.4. The molecule has 0 aliphatic heterocycles. The van der Waals surface area contributed by atoms with Crippen LogP contribution in [0.25, 0.3) is 0 Å². The lowest BCUT2D eigenvalue weighted by Crippen LogP contribution is -2.47. The third-order valence-corrected chi connectivity index (χ3v) is 3.78. The Balaban J connectivity index is 2.36. The normalized spacial score (nSPS) is 22.3. The zero-order chi connectivity index (χ0) is 11.3. The van der Waals surface area contributed by atoms with E-state index in [1.54, 1.807) is 0 Å². The molecule has 1 saturated carbocycles. The zero-order valence-corrected chi connectivity index (χ0v) is 9.67. The van der Waals surface area contributed by atoms with Gasteiger partial charge in [0.1, 0.15) is 5.54 Å². The summed E-state index contributed by atoms with van der Waals surface area (Å²) in [5.74, 6) is -0.131. The van der Waals surface area contributed by atoms with Gasteiger partial charge in [-0.2, -0.15) is 0 Å². The van der Waals surface area contributed by atoms with Gasteiger partial charge in [0.15, 0.2) is 0 Å². The molecule has 15 heavy (non-hydrogen) atoms. The van der Waals surface area contributed by atoms with Crippen LogP contribution in [0.4, 0.5) is 0 Å². The summed E-state index contributed by atoms with van der Waals surface area (Å²) in [6.07, 6.45) is 8.62. The monoisotopic (exact) mass is 213 g/mol. The third kappa shape index (κ3) is 3.49. The largest absolute Gasteiger partial charge is 0.480 e. The van der Waals surface area contributed by atoms with Gasteiger partial charge in [-0.25, -0.2) is 0 Å². The summed E-state index contributed by atoms with van der Waals surface area (Å²) in [6, 6.07) is 0. The Labute approximate surface area is 92.0 Å². The first-order chi connectivity index (χ1) is 7.08. The smallest absolute Gasteiger partial charge is 0.323 e. The molecule has 88 valence electrons. The molecule has 0 bridgehead atoms. The Morgan fingerprint density at radius 1 is 1.40 bits per heavy atom. The minimum absolute atomic E-state index is 0.523. The standard InChI is InChI=1S/C12H23NO2/c1-2-12(13,11(14)15)9-8-10-6-4-3-5-7-10/h10H,2-9,13H2,1H3,(H,14,15). The number of aliphatic carboxylic acids is 1. The number of carboxylic acids is 1. The number of nitrogens with two attached hydrogens (primary N) is 1. The Hall–Kier alpha value is -0.570. The molecule has 0 aromatic rings. The Morgan fingerprint density at radius 2 is 2.00 bits per heavy atom. The molecular weight excluding hydrogens is 190 g/mol. The van der Waals surface area contributed by atoms with E-state index >= 15 is 0 Å². The maximum absolute atomic E-state index is 11.0. The number of carboxylic acid groups (broad SMARTS) is 1. The van der Waals surface area contributed by atoms with Crippen LogP contribution >= 0.6 is 0 Å². The number of hydrogen-bond acceptors (Lipinski definition) is 2. The fourth-order valence-electron chi connectivity index (χ4n) is 2.37. The van der Waals surface area contributed by atoms with Crippen molar-refractivity contribution in [3.63, 3.8) is 0 Å². The minimum atomic E-state index is -0.989. The molecule has 3 heteroatoms. The molecule has 1 atom stereocenters. The van der Waals surface area contributed by atoms with Crippen molar-refractivity contribution in [2.75, 3.05) is 0 Å². The second kappa shape index (κ2) is 5.50. The van der Waals surface area contributed by atoms with Crippen molar-refractivity contribution < 1.29 is 9.90 Å². The highest BCUT2D eigenvalue weighted by Crippen LogP contribution is 2.29. The second-order valence-corrected chi connectivity index (χ2v) is 4.86. The summed E-state index contributed by atoms with van der Waals surface area (Å²) >= 11 is 0. The molecule has 3 N–H and O–H groups in total. The SMILES string of the molecule is CCC(N)(CCC1CCCCC1)C(=O)O. The lowest BCUT2D eigenvalue weighted by atomic mass is 9.81. The molecule has 3 nitrogen and oxygen atoms in total. The molecule has 1 unspecified atom stereocenters. The lowest BCUT2D eigenvalue weighted by molar-refractivity contribution is -0.143. The average Bonchev–Trinajstić information content (AvgIpc) is 2.27. The summed E-state index contributed by atoms with van der Waals surface area (Å²) in [5, 5.41) is 9.04. The van der Waals surface area contributed by atoms with Crippen molar-refractivity contribution in [2.45, 2.75) is 63.8 Å². The lowest BCUT2D eigenvalue weighted by Gasteiger charge is -2.27.